The Bertz CT molecular complexity index is 1040. The number of nitrogens with two attached hydrogens (primary N) is 2. The molecule has 0 saturated carbocycles. The fourth-order valence-electron chi connectivity index (χ4n) is 3.42. The molecule has 1 saturated heterocycles. The van der Waals surface area contributed by atoms with E-state index in [4.69, 9.17) is 23.1 Å². The van der Waals surface area contributed by atoms with E-state index in [9.17, 15) is 22.8 Å². The second-order valence-corrected chi connectivity index (χ2v) is 7.30. The Morgan fingerprint density at radius 1 is 1.16 bits per heavy atom. The first-order valence-corrected chi connectivity index (χ1v) is 9.63. The highest BCUT2D eigenvalue weighted by Crippen LogP contribution is 2.39. The molecule has 2 aromatic rings. The first-order valence-electron chi connectivity index (χ1n) is 9.25. The highest BCUT2D eigenvalue weighted by molar-refractivity contribution is 6.34. The summed E-state index contributed by atoms with van der Waals surface area (Å²) in [6, 6.07) is 8.69. The Morgan fingerprint density at radius 2 is 1.87 bits per heavy atom. The molecule has 164 valence electrons. The van der Waals surface area contributed by atoms with Crippen LogP contribution in [0.3, 0.4) is 0 Å². The minimum absolute atomic E-state index is 0.0452. The Morgan fingerprint density at radius 3 is 2.52 bits per heavy atom. The largest absolute Gasteiger partial charge is 0.418 e. The summed E-state index contributed by atoms with van der Waals surface area (Å²) in [4.78, 5) is 29.7. The number of alkyl halides is 3. The van der Waals surface area contributed by atoms with E-state index >= 15 is 0 Å². The van der Waals surface area contributed by atoms with Crippen LogP contribution >= 0.6 is 11.6 Å². The molecule has 2 aromatic carbocycles. The van der Waals surface area contributed by atoms with E-state index in [2.05, 4.69) is 10.3 Å². The number of guanidine groups is 1. The van der Waals surface area contributed by atoms with Crippen molar-refractivity contribution in [3.63, 3.8) is 0 Å². The van der Waals surface area contributed by atoms with Crippen LogP contribution in [0.25, 0.3) is 0 Å². The Kier molecular flexibility index (Phi) is 6.40. The molecule has 0 aliphatic carbocycles. The van der Waals surface area contributed by atoms with Crippen LogP contribution in [0.5, 0.6) is 0 Å². The molecule has 31 heavy (non-hydrogen) atoms. The number of nitrogens with zero attached hydrogens (tertiary/aromatic N) is 2. The van der Waals surface area contributed by atoms with E-state index in [1.807, 2.05) is 0 Å². The fourth-order valence-corrected chi connectivity index (χ4v) is 3.65. The van der Waals surface area contributed by atoms with Crippen LogP contribution in [0.1, 0.15) is 28.8 Å². The van der Waals surface area contributed by atoms with Gasteiger partial charge in [0, 0.05) is 12.2 Å². The third kappa shape index (κ3) is 5.08. The minimum atomic E-state index is -4.75. The lowest BCUT2D eigenvalue weighted by Gasteiger charge is -2.26. The zero-order valence-corrected chi connectivity index (χ0v) is 16.9. The van der Waals surface area contributed by atoms with Crippen LogP contribution in [0, 0.1) is 0 Å². The van der Waals surface area contributed by atoms with Gasteiger partial charge in [-0.25, -0.2) is 0 Å². The average Bonchev–Trinajstić information content (AvgIpc) is 3.17. The van der Waals surface area contributed by atoms with Crippen molar-refractivity contribution in [2.75, 3.05) is 16.8 Å². The van der Waals surface area contributed by atoms with Crippen molar-refractivity contribution in [1.82, 2.24) is 0 Å². The standard InChI is InChI=1S/C20H19ClF3N5O2/c21-14-5-2-1-4-12(14)17(30)27-15-8-7-11(10-13(15)20(22,23)24)29-9-3-6-16(29)18(31)28-19(25)26/h1-2,4-5,7-8,10,16H,3,6,9H2,(H,27,30)(H4,25,26,28,31). The molecule has 1 atom stereocenters. The van der Waals surface area contributed by atoms with Gasteiger partial charge in [-0.2, -0.15) is 18.2 Å². The summed E-state index contributed by atoms with van der Waals surface area (Å²) in [5.74, 6) is -1.81. The van der Waals surface area contributed by atoms with Gasteiger partial charge >= 0.3 is 6.18 Å². The number of rotatable bonds is 4. The van der Waals surface area contributed by atoms with E-state index in [1.165, 1.54) is 23.1 Å². The van der Waals surface area contributed by atoms with Crippen molar-refractivity contribution >= 4 is 40.7 Å². The van der Waals surface area contributed by atoms with Crippen LogP contribution in [0.4, 0.5) is 24.5 Å². The second-order valence-electron chi connectivity index (χ2n) is 6.89. The summed E-state index contributed by atoms with van der Waals surface area (Å²) in [6.45, 7) is 0.360. The van der Waals surface area contributed by atoms with Gasteiger partial charge in [-0.3, -0.25) is 9.59 Å². The molecule has 7 nitrogen and oxygen atoms in total. The number of amides is 2. The van der Waals surface area contributed by atoms with Crippen molar-refractivity contribution < 1.29 is 22.8 Å². The first kappa shape index (κ1) is 22.4. The van der Waals surface area contributed by atoms with E-state index in [1.54, 1.807) is 12.1 Å². The van der Waals surface area contributed by atoms with Crippen LogP contribution in [-0.2, 0) is 11.0 Å². The quantitative estimate of drug-likeness (QED) is 0.485. The molecule has 0 aromatic heterocycles. The highest BCUT2D eigenvalue weighted by atomic mass is 35.5. The minimum Gasteiger partial charge on any atom is -0.370 e. The van der Waals surface area contributed by atoms with Crippen molar-refractivity contribution in [1.29, 1.82) is 0 Å². The topological polar surface area (TPSA) is 114 Å². The van der Waals surface area contributed by atoms with E-state index < -0.39 is 41.2 Å². The van der Waals surface area contributed by atoms with Crippen LogP contribution in [0.2, 0.25) is 5.02 Å². The molecule has 2 amide bonds. The molecule has 0 radical (unpaired) electrons. The summed E-state index contributed by atoms with van der Waals surface area (Å²) in [5, 5.41) is 2.38. The number of hydrogen-bond donors (Lipinski definition) is 3. The van der Waals surface area contributed by atoms with E-state index in [0.717, 1.165) is 12.1 Å². The fraction of sp³-hybridized carbons (Fsp3) is 0.250. The number of nitrogens with one attached hydrogen (secondary N) is 1. The van der Waals surface area contributed by atoms with Crippen LogP contribution < -0.4 is 21.7 Å². The molecule has 3 rings (SSSR count). The molecule has 1 aliphatic rings. The molecule has 11 heteroatoms. The number of aliphatic imine (C=N–C) groups is 1. The Balaban J connectivity index is 1.94. The molecular weight excluding hydrogens is 435 g/mol. The number of benzene rings is 2. The lowest BCUT2D eigenvalue weighted by Crippen LogP contribution is -2.37. The van der Waals surface area contributed by atoms with Crippen LogP contribution in [0.15, 0.2) is 47.5 Å². The lowest BCUT2D eigenvalue weighted by molar-refractivity contribution is -0.136. The van der Waals surface area contributed by atoms with Gasteiger partial charge in [-0.15, -0.1) is 0 Å². The van der Waals surface area contributed by atoms with E-state index in [0.29, 0.717) is 19.4 Å². The van der Waals surface area contributed by atoms with Gasteiger partial charge in [0.1, 0.15) is 6.04 Å². The van der Waals surface area contributed by atoms with Crippen molar-refractivity contribution in [3.05, 3.63) is 58.6 Å². The monoisotopic (exact) mass is 453 g/mol. The van der Waals surface area contributed by atoms with Gasteiger partial charge in [0.25, 0.3) is 11.8 Å². The van der Waals surface area contributed by atoms with E-state index in [-0.39, 0.29) is 16.3 Å². The third-order valence-corrected chi connectivity index (χ3v) is 5.11. The van der Waals surface area contributed by atoms with Gasteiger partial charge < -0.3 is 21.7 Å². The normalized spacial score (nSPS) is 16.1. The Hall–Kier alpha value is -3.27. The summed E-state index contributed by atoms with van der Waals surface area (Å²) in [7, 11) is 0. The maximum atomic E-state index is 13.8. The molecular formula is C20H19ClF3N5O2. The Labute approximate surface area is 180 Å². The second kappa shape index (κ2) is 8.84. The van der Waals surface area contributed by atoms with Gasteiger partial charge in [0.05, 0.1) is 21.8 Å². The average molecular weight is 454 g/mol. The number of hydrogen-bond acceptors (Lipinski definition) is 3. The summed E-state index contributed by atoms with van der Waals surface area (Å²) in [6.07, 6.45) is -3.76. The third-order valence-electron chi connectivity index (χ3n) is 4.78. The molecule has 0 bridgehead atoms. The molecule has 1 fully saturated rings. The molecule has 5 N–H and O–H groups in total. The predicted molar refractivity (Wildman–Crippen MR) is 112 cm³/mol. The number of anilines is 2. The maximum Gasteiger partial charge on any atom is 0.418 e. The summed E-state index contributed by atoms with van der Waals surface area (Å²) in [5.41, 5.74) is 9.22. The SMILES string of the molecule is NC(N)=NC(=O)C1CCCN1c1ccc(NC(=O)c2ccccc2Cl)c(C(F)(F)F)c1. The summed E-state index contributed by atoms with van der Waals surface area (Å²) >= 11 is 5.96. The van der Waals surface area contributed by atoms with Crippen molar-refractivity contribution in [3.8, 4) is 0 Å². The number of halogens is 4. The van der Waals surface area contributed by atoms with Gasteiger partial charge in [0.15, 0.2) is 5.96 Å². The molecule has 1 aliphatic heterocycles. The van der Waals surface area contributed by atoms with Gasteiger partial charge in [0.2, 0.25) is 0 Å². The van der Waals surface area contributed by atoms with Gasteiger partial charge in [-0.1, -0.05) is 23.7 Å². The predicted octanol–water partition coefficient (Wildman–Crippen LogP) is 3.38. The summed E-state index contributed by atoms with van der Waals surface area (Å²) < 4.78 is 41.3. The maximum absolute atomic E-state index is 13.8. The number of carbonyl (C=O) groups is 2. The molecule has 0 spiro atoms. The van der Waals surface area contributed by atoms with Crippen molar-refractivity contribution in [2.45, 2.75) is 25.1 Å². The zero-order chi connectivity index (χ0) is 22.8. The smallest absolute Gasteiger partial charge is 0.370 e. The van der Waals surface area contributed by atoms with Crippen molar-refractivity contribution in [2.24, 2.45) is 16.5 Å². The van der Waals surface area contributed by atoms with Crippen LogP contribution in [-0.4, -0.2) is 30.4 Å². The molecule has 1 heterocycles. The number of carbonyl (C=O) groups excluding carboxylic acids is 2. The highest BCUT2D eigenvalue weighted by Gasteiger charge is 2.37. The first-order chi connectivity index (χ1) is 14.6. The zero-order valence-electron chi connectivity index (χ0n) is 16.1. The van der Waals surface area contributed by atoms with Gasteiger partial charge in [-0.05, 0) is 43.2 Å². The molecule has 1 unspecified atom stereocenters. The lowest BCUT2D eigenvalue weighted by atomic mass is 10.1.